The molecule has 1 saturated carbocycles. The van der Waals surface area contributed by atoms with E-state index in [-0.39, 0.29) is 17.9 Å². The molecule has 21 heavy (non-hydrogen) atoms. The molecule has 5 nitrogen and oxygen atoms in total. The monoisotopic (exact) mass is 307 g/mol. The molecule has 1 atom stereocenters. The van der Waals surface area contributed by atoms with Crippen molar-refractivity contribution in [2.75, 3.05) is 0 Å². The van der Waals surface area contributed by atoms with E-state index in [1.807, 2.05) is 17.2 Å². The maximum Gasteiger partial charge on any atom is 0.248 e. The molecule has 1 aromatic heterocycles. The average Bonchev–Trinajstić information content (AvgIpc) is 2.95. The molecular formula is C15H21N3O2S. The fourth-order valence-electron chi connectivity index (χ4n) is 3.42. The molecule has 6 heteroatoms. The number of nitrogens with one attached hydrogen (secondary N) is 1. The van der Waals surface area contributed by atoms with E-state index in [1.165, 1.54) is 0 Å². The van der Waals surface area contributed by atoms with Crippen molar-refractivity contribution in [1.29, 1.82) is 0 Å². The van der Waals surface area contributed by atoms with Gasteiger partial charge in [0.05, 0.1) is 6.54 Å². The molecule has 2 amide bonds. The number of rotatable bonds is 2. The van der Waals surface area contributed by atoms with E-state index in [9.17, 15) is 9.59 Å². The summed E-state index contributed by atoms with van der Waals surface area (Å²) < 4.78 is 0. The van der Waals surface area contributed by atoms with E-state index >= 15 is 0 Å². The number of amides is 2. The Hall–Kier alpha value is -1.43. The lowest BCUT2D eigenvalue weighted by Gasteiger charge is -2.39. The first-order valence-corrected chi connectivity index (χ1v) is 8.49. The van der Waals surface area contributed by atoms with Crippen LogP contribution in [0.4, 0.5) is 0 Å². The van der Waals surface area contributed by atoms with Gasteiger partial charge < -0.3 is 10.2 Å². The highest BCUT2D eigenvalue weighted by Gasteiger charge is 2.46. The number of aromatic nitrogens is 1. The predicted molar refractivity (Wildman–Crippen MR) is 80.7 cm³/mol. The number of hydrogen-bond acceptors (Lipinski definition) is 4. The van der Waals surface area contributed by atoms with Crippen molar-refractivity contribution in [1.82, 2.24) is 15.2 Å². The Kier molecular flexibility index (Phi) is 3.97. The minimum atomic E-state index is -0.669. The third kappa shape index (κ3) is 2.81. The van der Waals surface area contributed by atoms with Crippen LogP contribution in [0.25, 0.3) is 0 Å². The molecule has 0 radical (unpaired) electrons. The topological polar surface area (TPSA) is 62.3 Å². The largest absolute Gasteiger partial charge is 0.342 e. The molecule has 0 aromatic carbocycles. The molecule has 2 heterocycles. The summed E-state index contributed by atoms with van der Waals surface area (Å²) in [6, 6.07) is -0.0808. The second kappa shape index (κ2) is 5.75. The summed E-state index contributed by atoms with van der Waals surface area (Å²) in [6.07, 6.45) is 6.81. The van der Waals surface area contributed by atoms with E-state index in [1.54, 1.807) is 17.5 Å². The van der Waals surface area contributed by atoms with Gasteiger partial charge in [-0.3, -0.25) is 9.59 Å². The number of thiazole rings is 1. The number of carbonyl (C=O) groups is 2. The van der Waals surface area contributed by atoms with Gasteiger partial charge >= 0.3 is 0 Å². The van der Waals surface area contributed by atoms with Gasteiger partial charge in [-0.05, 0) is 19.8 Å². The van der Waals surface area contributed by atoms with Gasteiger partial charge in [-0.25, -0.2) is 4.98 Å². The molecule has 2 fully saturated rings. The van der Waals surface area contributed by atoms with Gasteiger partial charge in [0.2, 0.25) is 11.8 Å². The maximum absolute atomic E-state index is 13.1. The smallest absolute Gasteiger partial charge is 0.248 e. The molecule has 1 spiro atoms. The zero-order valence-corrected chi connectivity index (χ0v) is 13.1. The van der Waals surface area contributed by atoms with Crippen molar-refractivity contribution in [3.8, 4) is 0 Å². The lowest BCUT2D eigenvalue weighted by Crippen LogP contribution is -2.58. The first kappa shape index (κ1) is 14.5. The molecule has 1 N–H and O–H groups in total. The highest BCUT2D eigenvalue weighted by Crippen LogP contribution is 2.33. The second-order valence-electron chi connectivity index (χ2n) is 6.10. The summed E-state index contributed by atoms with van der Waals surface area (Å²) in [4.78, 5) is 31.4. The van der Waals surface area contributed by atoms with E-state index < -0.39 is 5.54 Å². The maximum atomic E-state index is 13.1. The highest BCUT2D eigenvalue weighted by atomic mass is 32.1. The van der Waals surface area contributed by atoms with Crippen molar-refractivity contribution >= 4 is 23.2 Å². The number of hydrogen-bond donors (Lipinski definition) is 1. The first-order valence-electron chi connectivity index (χ1n) is 7.61. The zero-order chi connectivity index (χ0) is 14.9. The molecule has 114 valence electrons. The summed E-state index contributed by atoms with van der Waals surface area (Å²) in [5.74, 6) is 0.0788. The molecule has 3 rings (SSSR count). The third-order valence-electron chi connectivity index (χ3n) is 4.56. The fourth-order valence-corrected chi connectivity index (χ4v) is 4.04. The van der Waals surface area contributed by atoms with Crippen LogP contribution in [0.3, 0.4) is 0 Å². The fraction of sp³-hybridized carbons (Fsp3) is 0.667. The zero-order valence-electron chi connectivity index (χ0n) is 12.3. The third-order valence-corrected chi connectivity index (χ3v) is 5.32. The van der Waals surface area contributed by atoms with Crippen LogP contribution in [-0.2, 0) is 16.1 Å². The standard InChI is InChI=1S/C15H21N3O2S/c1-11-9-12(19)17-15(5-3-2-4-6-15)14(20)18(11)10-13-16-7-8-21-13/h7-8,11H,2-6,9-10H2,1H3,(H,17,19). The summed E-state index contributed by atoms with van der Waals surface area (Å²) in [6.45, 7) is 2.46. The summed E-state index contributed by atoms with van der Waals surface area (Å²) in [5.41, 5.74) is -0.669. The Morgan fingerprint density at radius 3 is 2.81 bits per heavy atom. The van der Waals surface area contributed by atoms with Crippen LogP contribution in [0, 0.1) is 0 Å². The number of nitrogens with zero attached hydrogens (tertiary/aromatic N) is 2. The Bertz CT molecular complexity index is 523. The molecular weight excluding hydrogens is 286 g/mol. The van der Waals surface area contributed by atoms with Crippen LogP contribution < -0.4 is 5.32 Å². The minimum Gasteiger partial charge on any atom is -0.342 e. The lowest BCUT2D eigenvalue weighted by molar-refractivity contribution is -0.142. The molecule has 2 aliphatic rings. The highest BCUT2D eigenvalue weighted by molar-refractivity contribution is 7.09. The SMILES string of the molecule is CC1CC(=O)NC2(CCCCC2)C(=O)N1Cc1nccs1. The van der Waals surface area contributed by atoms with Crippen LogP contribution >= 0.6 is 11.3 Å². The molecule has 1 saturated heterocycles. The van der Waals surface area contributed by atoms with Gasteiger partial charge in [-0.15, -0.1) is 11.3 Å². The lowest BCUT2D eigenvalue weighted by atomic mass is 9.80. The van der Waals surface area contributed by atoms with Crippen molar-refractivity contribution < 1.29 is 9.59 Å². The van der Waals surface area contributed by atoms with Gasteiger partial charge in [0.15, 0.2) is 0 Å². The van der Waals surface area contributed by atoms with Crippen molar-refractivity contribution in [3.05, 3.63) is 16.6 Å². The Morgan fingerprint density at radius 1 is 1.38 bits per heavy atom. The van der Waals surface area contributed by atoms with E-state index in [2.05, 4.69) is 10.3 Å². The quantitative estimate of drug-likeness (QED) is 0.910. The summed E-state index contributed by atoms with van der Waals surface area (Å²) >= 11 is 1.55. The summed E-state index contributed by atoms with van der Waals surface area (Å²) in [7, 11) is 0. The molecule has 1 aliphatic carbocycles. The van der Waals surface area contributed by atoms with Crippen molar-refractivity contribution in [2.24, 2.45) is 0 Å². The molecule has 1 aromatic rings. The van der Waals surface area contributed by atoms with E-state index in [4.69, 9.17) is 0 Å². The predicted octanol–water partition coefficient (Wildman–Crippen LogP) is 2.08. The van der Waals surface area contributed by atoms with E-state index in [0.717, 1.165) is 37.1 Å². The summed E-state index contributed by atoms with van der Waals surface area (Å²) in [5, 5.41) is 5.88. The Balaban J connectivity index is 1.89. The second-order valence-corrected chi connectivity index (χ2v) is 7.08. The van der Waals surface area contributed by atoms with Crippen molar-refractivity contribution in [3.63, 3.8) is 0 Å². The van der Waals surface area contributed by atoms with Crippen LogP contribution in [0.15, 0.2) is 11.6 Å². The van der Waals surface area contributed by atoms with Crippen LogP contribution in [-0.4, -0.2) is 33.3 Å². The van der Waals surface area contributed by atoms with Gasteiger partial charge in [0.25, 0.3) is 0 Å². The molecule has 0 bridgehead atoms. The van der Waals surface area contributed by atoms with Crippen LogP contribution in [0.2, 0.25) is 0 Å². The minimum absolute atomic E-state index is 0.000566. The van der Waals surface area contributed by atoms with Crippen molar-refractivity contribution in [2.45, 2.75) is 63.6 Å². The van der Waals surface area contributed by atoms with Gasteiger partial charge in [-0.1, -0.05) is 19.3 Å². The first-order chi connectivity index (χ1) is 10.1. The number of carbonyl (C=O) groups excluding carboxylic acids is 2. The van der Waals surface area contributed by atoms with E-state index in [0.29, 0.717) is 13.0 Å². The van der Waals surface area contributed by atoms with Gasteiger partial charge in [0.1, 0.15) is 10.5 Å². The van der Waals surface area contributed by atoms with Crippen LogP contribution in [0.1, 0.15) is 50.5 Å². The van der Waals surface area contributed by atoms with Crippen LogP contribution in [0.5, 0.6) is 0 Å². The normalized spacial score (nSPS) is 25.8. The Labute approximate surface area is 128 Å². The van der Waals surface area contributed by atoms with Gasteiger partial charge in [-0.2, -0.15) is 0 Å². The van der Waals surface area contributed by atoms with Gasteiger partial charge in [0, 0.05) is 24.0 Å². The average molecular weight is 307 g/mol. The molecule has 1 unspecified atom stereocenters. The molecule has 1 aliphatic heterocycles. The Morgan fingerprint density at radius 2 is 2.14 bits per heavy atom.